The van der Waals surface area contributed by atoms with Crippen molar-refractivity contribution in [2.45, 2.75) is 430 Å². The first-order valence-electron chi connectivity index (χ1n) is 54.1. The molecule has 0 atom stereocenters. The fourth-order valence-electron chi connectivity index (χ4n) is 24.5. The molecule has 0 N–H and O–H groups in total. The van der Waals surface area contributed by atoms with E-state index in [2.05, 4.69) is 174 Å². The monoisotopic (exact) mass is 1730 g/mol. The normalized spacial score (nSPS) is 25.9. The molecule has 127 heavy (non-hydrogen) atoms. The van der Waals surface area contributed by atoms with Crippen molar-refractivity contribution in [3.05, 3.63) is 192 Å². The number of hydrogen-bond donors (Lipinski definition) is 0. The van der Waals surface area contributed by atoms with Gasteiger partial charge in [0.2, 0.25) is 0 Å². The molecule has 0 spiro atoms. The number of benzene rings is 6. The summed E-state index contributed by atoms with van der Waals surface area (Å²) >= 11 is 0. The Bertz CT molecular complexity index is 3920. The number of unbranched alkanes of at least 4 members (excludes halogenated alkanes) is 5. The highest BCUT2D eigenvalue weighted by atomic mass is 16.5. The maximum absolute atomic E-state index is 11.6. The Labute approximate surface area is 781 Å². The molecule has 4 heteroatoms. The summed E-state index contributed by atoms with van der Waals surface area (Å²) in [5.74, 6) is 17.3. The maximum atomic E-state index is 11.6. The van der Waals surface area contributed by atoms with Crippen LogP contribution in [0.5, 0.6) is 11.5 Å². The zero-order chi connectivity index (χ0) is 90.5. The third-order valence-corrected chi connectivity index (χ3v) is 32.9. The summed E-state index contributed by atoms with van der Waals surface area (Å²) in [5.41, 5.74) is 14.4. The minimum atomic E-state index is -0.437. The Balaban J connectivity index is 0.000000174. The second kappa shape index (κ2) is 58.6. The van der Waals surface area contributed by atoms with E-state index in [9.17, 15) is 9.59 Å². The van der Waals surface area contributed by atoms with Crippen LogP contribution in [-0.2, 0) is 16.0 Å². The van der Waals surface area contributed by atoms with E-state index in [0.29, 0.717) is 22.6 Å². The molecule has 8 aliphatic rings. The number of ether oxygens (including phenoxy) is 2. The van der Waals surface area contributed by atoms with Gasteiger partial charge in [0.05, 0.1) is 0 Å². The molecule has 4 nitrogen and oxygen atoms in total. The third kappa shape index (κ3) is 36.7. The number of carbonyl (C=O) groups is 2. The number of rotatable bonds is 32. The summed E-state index contributed by atoms with van der Waals surface area (Å²) < 4.78 is 10.5. The van der Waals surface area contributed by atoms with Crippen LogP contribution < -0.4 is 9.47 Å². The predicted octanol–water partition coefficient (Wildman–Crippen LogP) is 37.9. The van der Waals surface area contributed by atoms with Crippen molar-refractivity contribution in [2.24, 2.45) is 88.8 Å². The van der Waals surface area contributed by atoms with Crippen LogP contribution in [0.15, 0.2) is 164 Å². The summed E-state index contributed by atoms with van der Waals surface area (Å²) in [5, 5.41) is 0. The summed E-state index contributed by atoms with van der Waals surface area (Å²) in [7, 11) is 0. The first-order chi connectivity index (χ1) is 61.8. The highest BCUT2D eigenvalue weighted by Crippen LogP contribution is 2.49. The number of esters is 2. The quantitative estimate of drug-likeness (QED) is 0.0183. The summed E-state index contributed by atoms with van der Waals surface area (Å²) in [6, 6.07) is 48.1. The standard InChI is InChI=1S/C27H24O4.C22H34.C20H38.C19H36.C18H22.C17H32/c1-17(2)26(28)30-23-11-6-20(7-12-23)22-10-15-25(19(5)16-22)21-8-13-24(14-9-21)31-27(29)18(3)4;1-3-4-18-7-11-20(12-8-18)22-15-13-21(14-16-22)19-9-5-17(2)6-10-19;1-3-5-6-8-18-11-15-20(16-12-18)19-13-9-17(7-4-2)10-14-19;1-3-5-7-17-10-14-19(15-11-17)18-12-8-16(6-4-2)9-13-18;1-3-4-5-6-16-9-13-18(14-10-16)17-11-7-15(2)8-12-17;1-3-5-15-8-12-17(13-9-15)16-10-6-14(4-2)7-11-16/h6-16H,1,3H2,2,4-5H3;5-6,9-10,18,20-22H,3-4,7-8,11-16H2,1-2H3;17-20H,3-16H2,1-2H3;16-19H,3-15H2,1-2H3;7-14H,3-6H2,1-2H3;14-17H,3-13H2,1-2H3. The van der Waals surface area contributed by atoms with E-state index >= 15 is 0 Å². The molecule has 0 amide bonds. The van der Waals surface area contributed by atoms with Crippen molar-refractivity contribution in [3.8, 4) is 44.9 Å². The summed E-state index contributed by atoms with van der Waals surface area (Å²) in [4.78, 5) is 23.3. The first kappa shape index (κ1) is 104. The van der Waals surface area contributed by atoms with Crippen LogP contribution in [0.1, 0.15) is 430 Å². The first-order valence-corrected chi connectivity index (χ1v) is 54.1. The lowest BCUT2D eigenvalue weighted by Crippen LogP contribution is -2.25. The van der Waals surface area contributed by atoms with Crippen LogP contribution >= 0.6 is 0 Å². The topological polar surface area (TPSA) is 52.6 Å². The molecule has 6 aromatic rings. The highest BCUT2D eigenvalue weighted by Gasteiger charge is 2.35. The molecule has 8 saturated carbocycles. The van der Waals surface area contributed by atoms with Gasteiger partial charge in [-0.2, -0.15) is 0 Å². The van der Waals surface area contributed by atoms with E-state index in [1.165, 1.54) is 220 Å². The fraction of sp³-hybridized carbons (Fsp3) is 0.659. The predicted molar refractivity (Wildman–Crippen MR) is 550 cm³/mol. The zero-order valence-electron chi connectivity index (χ0n) is 83.8. The number of carbonyl (C=O) groups excluding carboxylic acids is 2. The molecule has 0 saturated heterocycles. The van der Waals surface area contributed by atoms with Crippen molar-refractivity contribution < 1.29 is 19.1 Å². The molecule has 702 valence electrons. The van der Waals surface area contributed by atoms with Gasteiger partial charge in [-0.15, -0.1) is 0 Å². The van der Waals surface area contributed by atoms with Gasteiger partial charge in [-0.25, -0.2) is 9.59 Å². The molecule has 14 rings (SSSR count). The van der Waals surface area contributed by atoms with Crippen LogP contribution in [0.25, 0.3) is 33.4 Å². The third-order valence-electron chi connectivity index (χ3n) is 32.9. The van der Waals surface area contributed by atoms with E-state index in [-0.39, 0.29) is 0 Å². The van der Waals surface area contributed by atoms with Crippen LogP contribution in [-0.4, -0.2) is 11.9 Å². The van der Waals surface area contributed by atoms with Gasteiger partial charge in [0.25, 0.3) is 0 Å². The van der Waals surface area contributed by atoms with Gasteiger partial charge >= 0.3 is 11.9 Å². The van der Waals surface area contributed by atoms with E-state index < -0.39 is 11.9 Å². The minimum absolute atomic E-state index is 0.359. The summed E-state index contributed by atoms with van der Waals surface area (Å²) in [6.45, 7) is 35.4. The Hall–Kier alpha value is -6.26. The van der Waals surface area contributed by atoms with Crippen molar-refractivity contribution >= 4 is 11.9 Å². The fourth-order valence-corrected chi connectivity index (χ4v) is 24.5. The second-order valence-electron chi connectivity index (χ2n) is 42.6. The van der Waals surface area contributed by atoms with E-state index in [4.69, 9.17) is 9.47 Å². The van der Waals surface area contributed by atoms with Gasteiger partial charge in [-0.1, -0.05) is 400 Å². The molecule has 0 aromatic heterocycles. The SMILES string of the molecule is C=C(C)C(=O)Oc1ccc(-c2ccc(-c3ccc(OC(=O)C(=C)C)cc3)c(C)c2)cc1.CCCC1CCC(C2CCC(CC)CC2)CC1.CCCC1CCC(C2CCC(c3ccc(C)cc3)CC2)CC1.CCCCC1CCC(C2CCC(CCC)CC2)CC1.CCCCCC1CCC(C2CCC(CCC)CC2)CC1.CCCCCc1ccc(-c2ccc(C)cc2)cc1. The molecule has 0 bridgehead atoms. The van der Waals surface area contributed by atoms with E-state index in [1.807, 2.05) is 30.3 Å². The van der Waals surface area contributed by atoms with Gasteiger partial charge in [0, 0.05) is 11.1 Å². The smallest absolute Gasteiger partial charge is 0.338 e. The Kier molecular flexibility index (Phi) is 48.2. The molecular weight excluding hydrogens is 1540 g/mol. The van der Waals surface area contributed by atoms with Crippen LogP contribution in [0.3, 0.4) is 0 Å². The van der Waals surface area contributed by atoms with Gasteiger partial charge < -0.3 is 9.47 Å². The number of aryl methyl sites for hydroxylation is 4. The second-order valence-corrected chi connectivity index (χ2v) is 42.6. The van der Waals surface area contributed by atoms with Gasteiger partial charge in [0.15, 0.2) is 0 Å². The molecule has 0 unspecified atom stereocenters. The van der Waals surface area contributed by atoms with Crippen molar-refractivity contribution in [3.63, 3.8) is 0 Å². The molecule has 6 aromatic carbocycles. The number of hydrogen-bond acceptors (Lipinski definition) is 4. The largest absolute Gasteiger partial charge is 0.423 e. The Morgan fingerprint density at radius 3 is 0.898 bits per heavy atom. The lowest BCUT2D eigenvalue weighted by atomic mass is 9.68. The zero-order valence-corrected chi connectivity index (χ0v) is 83.8. The molecular formula is C123H186O4. The Morgan fingerprint density at radius 2 is 0.567 bits per heavy atom. The lowest BCUT2D eigenvalue weighted by molar-refractivity contribution is -0.130. The molecule has 0 radical (unpaired) electrons. The van der Waals surface area contributed by atoms with Gasteiger partial charge in [-0.05, 0) is 332 Å². The van der Waals surface area contributed by atoms with Crippen LogP contribution in [0, 0.1) is 110 Å². The lowest BCUT2D eigenvalue weighted by Gasteiger charge is -2.38. The molecule has 8 fully saturated rings. The van der Waals surface area contributed by atoms with Crippen LogP contribution in [0.2, 0.25) is 0 Å². The molecule has 8 aliphatic carbocycles. The Morgan fingerprint density at radius 1 is 0.283 bits per heavy atom. The van der Waals surface area contributed by atoms with Gasteiger partial charge in [-0.3, -0.25) is 0 Å². The summed E-state index contributed by atoms with van der Waals surface area (Å²) in [6.07, 6.45) is 77.7. The van der Waals surface area contributed by atoms with Crippen molar-refractivity contribution in [2.75, 3.05) is 0 Å². The maximum Gasteiger partial charge on any atom is 0.338 e. The average molecular weight is 1730 g/mol. The minimum Gasteiger partial charge on any atom is -0.423 e. The average Bonchev–Trinajstić information content (AvgIpc) is 0.819. The molecule has 0 heterocycles. The van der Waals surface area contributed by atoms with E-state index in [0.717, 1.165) is 123 Å². The highest BCUT2D eigenvalue weighted by molar-refractivity contribution is 5.89. The molecule has 0 aliphatic heterocycles. The van der Waals surface area contributed by atoms with Crippen molar-refractivity contribution in [1.29, 1.82) is 0 Å². The van der Waals surface area contributed by atoms with Crippen molar-refractivity contribution in [1.82, 2.24) is 0 Å². The van der Waals surface area contributed by atoms with Crippen LogP contribution in [0.4, 0.5) is 0 Å². The van der Waals surface area contributed by atoms with E-state index in [1.54, 1.807) is 185 Å². The van der Waals surface area contributed by atoms with Gasteiger partial charge in [0.1, 0.15) is 11.5 Å².